The molecular weight excluding hydrogens is 216 g/mol. The van der Waals surface area contributed by atoms with Crippen LogP contribution in [-0.2, 0) is 4.74 Å². The summed E-state index contributed by atoms with van der Waals surface area (Å²) in [6.45, 7) is 6.60. The van der Waals surface area contributed by atoms with Crippen molar-refractivity contribution in [1.82, 2.24) is 0 Å². The molecule has 0 spiro atoms. The number of rotatable bonds is 5. The van der Waals surface area contributed by atoms with Crippen LogP contribution in [0.5, 0.6) is 5.75 Å². The molecule has 0 saturated heterocycles. The van der Waals surface area contributed by atoms with Crippen LogP contribution in [0.1, 0.15) is 31.1 Å². The van der Waals surface area contributed by atoms with Gasteiger partial charge in [-0.05, 0) is 39.0 Å². The lowest BCUT2D eigenvalue weighted by Gasteiger charge is -2.09. The zero-order valence-corrected chi connectivity index (χ0v) is 10.5. The van der Waals surface area contributed by atoms with Crippen molar-refractivity contribution in [1.29, 1.82) is 0 Å². The first kappa shape index (κ1) is 13.3. The minimum atomic E-state index is -0.347. The first-order valence-electron chi connectivity index (χ1n) is 5.67. The highest BCUT2D eigenvalue weighted by atomic mass is 16.5. The van der Waals surface area contributed by atoms with E-state index in [1.165, 1.54) is 5.57 Å². The SMILES string of the molecule is CCOC(=O)c1ccccc1OCC=C(C)C. The van der Waals surface area contributed by atoms with Gasteiger partial charge in [0, 0.05) is 0 Å². The van der Waals surface area contributed by atoms with Crippen molar-refractivity contribution in [2.24, 2.45) is 0 Å². The molecule has 0 radical (unpaired) electrons. The topological polar surface area (TPSA) is 35.5 Å². The van der Waals surface area contributed by atoms with E-state index in [-0.39, 0.29) is 5.97 Å². The highest BCUT2D eigenvalue weighted by molar-refractivity contribution is 5.92. The Morgan fingerprint density at radius 1 is 1.29 bits per heavy atom. The molecule has 0 aliphatic rings. The van der Waals surface area contributed by atoms with Crippen LogP contribution in [0, 0.1) is 0 Å². The molecule has 1 rings (SSSR count). The summed E-state index contributed by atoms with van der Waals surface area (Å²) in [7, 11) is 0. The molecule has 0 heterocycles. The van der Waals surface area contributed by atoms with Crippen LogP contribution < -0.4 is 4.74 Å². The first-order valence-corrected chi connectivity index (χ1v) is 5.67. The number of benzene rings is 1. The molecule has 0 aliphatic heterocycles. The minimum Gasteiger partial charge on any atom is -0.489 e. The summed E-state index contributed by atoms with van der Waals surface area (Å²) in [5.41, 5.74) is 1.65. The molecule has 0 atom stereocenters. The third kappa shape index (κ3) is 4.31. The van der Waals surface area contributed by atoms with Gasteiger partial charge in [0.05, 0.1) is 6.61 Å². The number of para-hydroxylation sites is 1. The second-order valence-electron chi connectivity index (χ2n) is 3.81. The molecule has 0 aliphatic carbocycles. The Morgan fingerprint density at radius 2 is 2.00 bits per heavy atom. The molecule has 17 heavy (non-hydrogen) atoms. The van der Waals surface area contributed by atoms with E-state index in [9.17, 15) is 4.79 Å². The van der Waals surface area contributed by atoms with Crippen molar-refractivity contribution in [3.05, 3.63) is 41.5 Å². The van der Waals surface area contributed by atoms with Gasteiger partial charge in [-0.25, -0.2) is 4.79 Å². The van der Waals surface area contributed by atoms with Crippen LogP contribution in [0.25, 0.3) is 0 Å². The van der Waals surface area contributed by atoms with Crippen molar-refractivity contribution < 1.29 is 14.3 Å². The smallest absolute Gasteiger partial charge is 0.341 e. The van der Waals surface area contributed by atoms with Crippen LogP contribution >= 0.6 is 0 Å². The van der Waals surface area contributed by atoms with Gasteiger partial charge >= 0.3 is 5.97 Å². The number of ether oxygens (including phenoxy) is 2. The van der Waals surface area contributed by atoms with E-state index >= 15 is 0 Å². The molecule has 3 nitrogen and oxygen atoms in total. The van der Waals surface area contributed by atoms with Gasteiger partial charge in [-0.2, -0.15) is 0 Å². The van der Waals surface area contributed by atoms with E-state index in [0.717, 1.165) is 0 Å². The monoisotopic (exact) mass is 234 g/mol. The lowest BCUT2D eigenvalue weighted by Crippen LogP contribution is -2.07. The molecular formula is C14H18O3. The molecule has 0 aromatic heterocycles. The second-order valence-corrected chi connectivity index (χ2v) is 3.81. The minimum absolute atomic E-state index is 0.347. The molecule has 92 valence electrons. The number of carbonyl (C=O) groups is 1. The Hall–Kier alpha value is -1.77. The summed E-state index contributed by atoms with van der Waals surface area (Å²) in [5, 5.41) is 0. The number of carbonyl (C=O) groups excluding carboxylic acids is 1. The summed E-state index contributed by atoms with van der Waals surface area (Å²) in [6, 6.07) is 7.10. The third-order valence-corrected chi connectivity index (χ3v) is 2.11. The van der Waals surface area contributed by atoms with E-state index in [1.807, 2.05) is 26.0 Å². The Kier molecular flexibility index (Phi) is 5.27. The number of hydrogen-bond acceptors (Lipinski definition) is 3. The fourth-order valence-corrected chi connectivity index (χ4v) is 1.27. The Bertz CT molecular complexity index is 404. The second kappa shape index (κ2) is 6.74. The highest BCUT2D eigenvalue weighted by Crippen LogP contribution is 2.19. The molecule has 0 bridgehead atoms. The maximum Gasteiger partial charge on any atom is 0.341 e. The van der Waals surface area contributed by atoms with Crippen LogP contribution in [0.2, 0.25) is 0 Å². The summed E-state index contributed by atoms with van der Waals surface area (Å²) in [4.78, 5) is 11.6. The van der Waals surface area contributed by atoms with Gasteiger partial charge in [0.25, 0.3) is 0 Å². The molecule has 0 amide bonds. The highest BCUT2D eigenvalue weighted by Gasteiger charge is 2.12. The Morgan fingerprint density at radius 3 is 2.65 bits per heavy atom. The first-order chi connectivity index (χ1) is 8.15. The van der Waals surface area contributed by atoms with Gasteiger partial charge < -0.3 is 9.47 Å². The van der Waals surface area contributed by atoms with Gasteiger partial charge in [-0.3, -0.25) is 0 Å². The summed E-state index contributed by atoms with van der Waals surface area (Å²) in [6.07, 6.45) is 1.96. The molecule has 1 aromatic carbocycles. The van der Waals surface area contributed by atoms with Gasteiger partial charge in [-0.15, -0.1) is 0 Å². The fourth-order valence-electron chi connectivity index (χ4n) is 1.27. The predicted octanol–water partition coefficient (Wildman–Crippen LogP) is 3.21. The zero-order valence-electron chi connectivity index (χ0n) is 10.5. The average molecular weight is 234 g/mol. The van der Waals surface area contributed by atoms with Crippen molar-refractivity contribution in [3.63, 3.8) is 0 Å². The Labute approximate surface area is 102 Å². The molecule has 0 unspecified atom stereocenters. The molecule has 0 fully saturated rings. The lowest BCUT2D eigenvalue weighted by molar-refractivity contribution is 0.0522. The molecule has 0 N–H and O–H groups in total. The van der Waals surface area contributed by atoms with Crippen LogP contribution in [-0.4, -0.2) is 19.2 Å². The third-order valence-electron chi connectivity index (χ3n) is 2.11. The summed E-state index contributed by atoms with van der Waals surface area (Å²) in [5.74, 6) is 0.212. The maximum absolute atomic E-state index is 11.6. The van der Waals surface area contributed by atoms with E-state index in [0.29, 0.717) is 24.5 Å². The average Bonchev–Trinajstić information content (AvgIpc) is 2.29. The zero-order chi connectivity index (χ0) is 12.7. The molecule has 0 saturated carbocycles. The van der Waals surface area contributed by atoms with Crippen molar-refractivity contribution in [2.75, 3.05) is 13.2 Å². The van der Waals surface area contributed by atoms with Crippen LogP contribution in [0.3, 0.4) is 0 Å². The van der Waals surface area contributed by atoms with E-state index in [1.54, 1.807) is 25.1 Å². The van der Waals surface area contributed by atoms with E-state index in [4.69, 9.17) is 9.47 Å². The molecule has 3 heteroatoms. The number of hydrogen-bond donors (Lipinski definition) is 0. The van der Waals surface area contributed by atoms with Crippen molar-refractivity contribution >= 4 is 5.97 Å². The number of esters is 1. The van der Waals surface area contributed by atoms with E-state index < -0.39 is 0 Å². The summed E-state index contributed by atoms with van der Waals surface area (Å²) >= 11 is 0. The fraction of sp³-hybridized carbons (Fsp3) is 0.357. The van der Waals surface area contributed by atoms with Gasteiger partial charge in [0.2, 0.25) is 0 Å². The quantitative estimate of drug-likeness (QED) is 0.579. The van der Waals surface area contributed by atoms with Crippen molar-refractivity contribution in [2.45, 2.75) is 20.8 Å². The van der Waals surface area contributed by atoms with Crippen LogP contribution in [0.15, 0.2) is 35.9 Å². The maximum atomic E-state index is 11.6. The predicted molar refractivity (Wildman–Crippen MR) is 67.3 cm³/mol. The lowest BCUT2D eigenvalue weighted by atomic mass is 10.2. The van der Waals surface area contributed by atoms with Gasteiger partial charge in [0.1, 0.15) is 17.9 Å². The van der Waals surface area contributed by atoms with E-state index in [2.05, 4.69) is 0 Å². The van der Waals surface area contributed by atoms with Crippen LogP contribution in [0.4, 0.5) is 0 Å². The standard InChI is InChI=1S/C14H18O3/c1-4-16-14(15)12-7-5-6-8-13(12)17-10-9-11(2)3/h5-9H,4,10H2,1-3H3. The van der Waals surface area contributed by atoms with Gasteiger partial charge in [0.15, 0.2) is 0 Å². The number of allylic oxidation sites excluding steroid dienone is 1. The van der Waals surface area contributed by atoms with Gasteiger partial charge in [-0.1, -0.05) is 17.7 Å². The normalized spacial score (nSPS) is 9.59. The van der Waals surface area contributed by atoms with Crippen molar-refractivity contribution in [3.8, 4) is 5.75 Å². The molecule has 1 aromatic rings. The largest absolute Gasteiger partial charge is 0.489 e. The Balaban J connectivity index is 2.77. The summed E-state index contributed by atoms with van der Waals surface area (Å²) < 4.78 is 10.5.